The fourth-order valence-electron chi connectivity index (χ4n) is 3.07. The van der Waals surface area contributed by atoms with Gasteiger partial charge in [0.1, 0.15) is 18.5 Å². The van der Waals surface area contributed by atoms with E-state index in [2.05, 4.69) is 13.8 Å². The van der Waals surface area contributed by atoms with Crippen LogP contribution in [0.25, 0.3) is 0 Å². The molecule has 0 fully saturated rings. The van der Waals surface area contributed by atoms with Crippen LogP contribution in [0.2, 0.25) is 10.0 Å². The molecule has 9 heteroatoms. The molecule has 0 aliphatic carbocycles. The van der Waals surface area contributed by atoms with Gasteiger partial charge in [0.2, 0.25) is 0 Å². The van der Waals surface area contributed by atoms with Gasteiger partial charge in [0, 0.05) is 17.0 Å². The summed E-state index contributed by atoms with van der Waals surface area (Å²) in [5.74, 6) is 1.16. The summed E-state index contributed by atoms with van der Waals surface area (Å²) in [4.78, 5) is 0. The van der Waals surface area contributed by atoms with E-state index in [4.69, 9.17) is 44.3 Å². The lowest BCUT2D eigenvalue weighted by atomic mass is 9.78. The number of ether oxygens (including phenoxy) is 2. The molecule has 2 aromatic rings. The number of hydrogen-bond acceptors (Lipinski definition) is 5. The van der Waals surface area contributed by atoms with Crippen LogP contribution < -0.4 is 9.47 Å². The summed E-state index contributed by atoms with van der Waals surface area (Å²) >= 11 is 18.5. The average Bonchev–Trinajstić information content (AvgIpc) is 2.74. The highest BCUT2D eigenvalue weighted by atomic mass is 35.5. The Bertz CT molecular complexity index is 968. The maximum atomic E-state index is 11.6. The van der Waals surface area contributed by atoms with Gasteiger partial charge in [-0.05, 0) is 41.8 Å². The van der Waals surface area contributed by atoms with E-state index in [1.165, 1.54) is 0 Å². The molecule has 5 nitrogen and oxygen atoms in total. The third-order valence-electron chi connectivity index (χ3n) is 5.15. The first-order valence-corrected chi connectivity index (χ1v) is 13.4. The molecule has 0 bridgehead atoms. The van der Waals surface area contributed by atoms with Gasteiger partial charge in [0.05, 0.1) is 22.4 Å². The van der Waals surface area contributed by atoms with Crippen LogP contribution in [0.3, 0.4) is 0 Å². The topological polar surface area (TPSA) is 72.8 Å². The summed E-state index contributed by atoms with van der Waals surface area (Å²) in [5, 5.41) is 10.8. The molecule has 2 rings (SSSR count). The Hall–Kier alpha value is -1.18. The molecule has 0 amide bonds. The van der Waals surface area contributed by atoms with Gasteiger partial charge in [0.25, 0.3) is 0 Å². The predicted molar refractivity (Wildman–Crippen MR) is 132 cm³/mol. The zero-order valence-corrected chi connectivity index (χ0v) is 21.5. The molecule has 1 atom stereocenters. The van der Waals surface area contributed by atoms with Crippen LogP contribution in [0.15, 0.2) is 36.4 Å². The highest BCUT2D eigenvalue weighted by Gasteiger charge is 2.26. The van der Waals surface area contributed by atoms with Crippen molar-refractivity contribution < 1.29 is 23.0 Å². The summed E-state index contributed by atoms with van der Waals surface area (Å²) in [6.45, 7) is 5.99. The summed E-state index contributed by atoms with van der Waals surface area (Å²) in [7, 11) is -3.26. The molecule has 0 aliphatic heterocycles. The fraction of sp³-hybridized carbons (Fsp3) is 0.478. The van der Waals surface area contributed by atoms with Gasteiger partial charge in [-0.1, -0.05) is 56.1 Å². The first-order chi connectivity index (χ1) is 15.0. The number of rotatable bonds is 12. The van der Waals surface area contributed by atoms with Gasteiger partial charge in [-0.3, -0.25) is 0 Å². The van der Waals surface area contributed by atoms with Gasteiger partial charge in [-0.2, -0.15) is 0 Å². The van der Waals surface area contributed by atoms with E-state index in [0.717, 1.165) is 11.1 Å². The number of aliphatic hydroxyl groups excluding tert-OH is 1. The molecular formula is C23H29Cl3O5S. The lowest BCUT2D eigenvalue weighted by Gasteiger charge is -2.27. The van der Waals surface area contributed by atoms with E-state index < -0.39 is 21.4 Å². The van der Waals surface area contributed by atoms with Crippen LogP contribution in [-0.4, -0.2) is 50.2 Å². The van der Waals surface area contributed by atoms with Crippen molar-refractivity contribution in [2.75, 3.05) is 30.6 Å². The van der Waals surface area contributed by atoms with E-state index in [0.29, 0.717) is 40.5 Å². The normalized spacial score (nSPS) is 13.1. The first-order valence-electron chi connectivity index (χ1n) is 10.3. The van der Waals surface area contributed by atoms with Crippen molar-refractivity contribution in [3.63, 3.8) is 0 Å². The van der Waals surface area contributed by atoms with Gasteiger partial charge >= 0.3 is 0 Å². The smallest absolute Gasteiger partial charge is 0.156 e. The number of alkyl halides is 1. The van der Waals surface area contributed by atoms with Gasteiger partial charge < -0.3 is 14.6 Å². The summed E-state index contributed by atoms with van der Waals surface area (Å²) in [6, 6.07) is 11.1. The minimum atomic E-state index is -3.26. The van der Waals surface area contributed by atoms with E-state index in [1.54, 1.807) is 19.1 Å². The Morgan fingerprint density at radius 3 is 2.16 bits per heavy atom. The molecule has 32 heavy (non-hydrogen) atoms. The maximum absolute atomic E-state index is 11.6. The third kappa shape index (κ3) is 7.42. The zero-order valence-electron chi connectivity index (χ0n) is 18.4. The van der Waals surface area contributed by atoms with E-state index in [9.17, 15) is 13.5 Å². The van der Waals surface area contributed by atoms with Crippen molar-refractivity contribution in [3.8, 4) is 11.5 Å². The summed E-state index contributed by atoms with van der Waals surface area (Å²) < 4.78 is 34.4. The van der Waals surface area contributed by atoms with Crippen molar-refractivity contribution in [2.45, 2.75) is 38.7 Å². The van der Waals surface area contributed by atoms with Crippen molar-refractivity contribution in [1.29, 1.82) is 0 Å². The number of hydrogen-bond donors (Lipinski definition) is 1. The minimum absolute atomic E-state index is 0.0115. The molecule has 0 heterocycles. The highest BCUT2D eigenvalue weighted by Crippen LogP contribution is 2.40. The Morgan fingerprint density at radius 2 is 1.62 bits per heavy atom. The lowest BCUT2D eigenvalue weighted by molar-refractivity contribution is 0.125. The zero-order chi connectivity index (χ0) is 23.9. The molecule has 2 aromatic carbocycles. The molecule has 178 valence electrons. The van der Waals surface area contributed by atoms with Crippen molar-refractivity contribution >= 4 is 44.6 Å². The second-order valence-corrected chi connectivity index (χ2v) is 11.6. The lowest BCUT2D eigenvalue weighted by Crippen LogP contribution is -2.28. The second kappa shape index (κ2) is 11.8. The van der Waals surface area contributed by atoms with Crippen molar-refractivity contribution in [2.24, 2.45) is 0 Å². The van der Waals surface area contributed by atoms with Crippen LogP contribution in [0.5, 0.6) is 11.5 Å². The number of aliphatic hydroxyl groups is 1. The van der Waals surface area contributed by atoms with Crippen LogP contribution in [-0.2, 0) is 15.3 Å². The van der Waals surface area contributed by atoms with Crippen LogP contribution in [0, 0.1) is 0 Å². The average molecular weight is 524 g/mol. The van der Waals surface area contributed by atoms with Gasteiger partial charge in [0.15, 0.2) is 15.6 Å². The predicted octanol–water partition coefficient (Wildman–Crippen LogP) is 5.50. The Kier molecular flexibility index (Phi) is 9.98. The molecule has 0 aliphatic rings. The van der Waals surface area contributed by atoms with Gasteiger partial charge in [-0.25, -0.2) is 8.42 Å². The number of sulfone groups is 1. The van der Waals surface area contributed by atoms with E-state index in [1.807, 2.05) is 24.3 Å². The highest BCUT2D eigenvalue weighted by molar-refractivity contribution is 7.91. The molecule has 0 saturated heterocycles. The quantitative estimate of drug-likeness (QED) is 0.294. The molecule has 1 N–H and O–H groups in total. The number of benzene rings is 2. The Morgan fingerprint density at radius 1 is 1.03 bits per heavy atom. The van der Waals surface area contributed by atoms with Crippen LogP contribution >= 0.6 is 34.8 Å². The summed E-state index contributed by atoms with van der Waals surface area (Å²) in [5.41, 5.74) is 1.52. The molecular weight excluding hydrogens is 495 g/mol. The van der Waals surface area contributed by atoms with Crippen molar-refractivity contribution in [3.05, 3.63) is 57.6 Å². The molecule has 0 spiro atoms. The Balaban J connectivity index is 2.11. The van der Waals surface area contributed by atoms with Crippen LogP contribution in [0.4, 0.5) is 0 Å². The van der Waals surface area contributed by atoms with Crippen LogP contribution in [0.1, 0.15) is 38.3 Å². The SMILES string of the molecule is CCS(=O)(=O)CC(O)COc1ccc(C(C)(C)c2cc(Cl)c(OCCCCl)c(Cl)c2)cc1. The first kappa shape index (κ1) is 27.1. The second-order valence-electron chi connectivity index (χ2n) is 7.97. The summed E-state index contributed by atoms with van der Waals surface area (Å²) in [6.07, 6.45) is -0.382. The van der Waals surface area contributed by atoms with Gasteiger partial charge in [-0.15, -0.1) is 11.6 Å². The monoisotopic (exact) mass is 522 g/mol. The number of halogens is 3. The minimum Gasteiger partial charge on any atom is -0.491 e. The Labute approximate surface area is 205 Å². The van der Waals surface area contributed by atoms with E-state index >= 15 is 0 Å². The largest absolute Gasteiger partial charge is 0.491 e. The molecule has 0 aromatic heterocycles. The maximum Gasteiger partial charge on any atom is 0.156 e. The molecule has 0 saturated carbocycles. The van der Waals surface area contributed by atoms with E-state index in [-0.39, 0.29) is 18.1 Å². The fourth-order valence-corrected chi connectivity index (χ4v) is 4.70. The third-order valence-corrected chi connectivity index (χ3v) is 7.75. The molecule has 0 radical (unpaired) electrons. The van der Waals surface area contributed by atoms with Crippen molar-refractivity contribution in [1.82, 2.24) is 0 Å². The molecule has 1 unspecified atom stereocenters. The standard InChI is InChI=1S/C23H29Cl3O5S/c1-4-32(28,29)15-18(27)14-31-19-8-6-16(7-9-19)23(2,3)17-12-20(25)22(21(26)13-17)30-11-5-10-24/h6-9,12-13,18,27H,4-5,10-11,14-15H2,1-3H3.